The third kappa shape index (κ3) is 4.76. The van der Waals surface area contributed by atoms with E-state index < -0.39 is 0 Å². The molecule has 0 radical (unpaired) electrons. The molecule has 8 heteroatoms. The summed E-state index contributed by atoms with van der Waals surface area (Å²) >= 11 is 1.35. The highest BCUT2D eigenvalue weighted by Crippen LogP contribution is 2.39. The van der Waals surface area contributed by atoms with Crippen LogP contribution in [0.3, 0.4) is 0 Å². The minimum absolute atomic E-state index is 0.114. The van der Waals surface area contributed by atoms with E-state index >= 15 is 0 Å². The minimum Gasteiger partial charge on any atom is -0.338 e. The van der Waals surface area contributed by atoms with Crippen LogP contribution in [0.1, 0.15) is 38.4 Å². The van der Waals surface area contributed by atoms with Crippen molar-refractivity contribution in [2.75, 3.05) is 28.6 Å². The summed E-state index contributed by atoms with van der Waals surface area (Å²) in [5.41, 5.74) is 1.38. The highest BCUT2D eigenvalue weighted by Gasteiger charge is 2.28. The van der Waals surface area contributed by atoms with Gasteiger partial charge in [0, 0.05) is 42.3 Å². The average molecular weight is 359 g/mol. The van der Waals surface area contributed by atoms with E-state index in [1.165, 1.54) is 18.5 Å². The number of benzene rings is 1. The summed E-state index contributed by atoms with van der Waals surface area (Å²) in [6, 6.07) is 7.02. The van der Waals surface area contributed by atoms with E-state index in [-0.39, 0.29) is 18.4 Å². The number of amides is 2. The Balaban J connectivity index is 1.57. The number of aromatic nitrogens is 2. The first-order valence-electron chi connectivity index (χ1n) is 8.31. The van der Waals surface area contributed by atoms with Gasteiger partial charge >= 0.3 is 0 Å². The van der Waals surface area contributed by atoms with Crippen LogP contribution >= 0.6 is 11.5 Å². The molecule has 0 spiro atoms. The lowest BCUT2D eigenvalue weighted by atomic mass is 10.2. The zero-order valence-electron chi connectivity index (χ0n) is 14.3. The van der Waals surface area contributed by atoms with Crippen molar-refractivity contribution in [1.29, 1.82) is 0 Å². The Morgan fingerprint density at radius 1 is 1.20 bits per heavy atom. The Labute approximate surface area is 150 Å². The van der Waals surface area contributed by atoms with Gasteiger partial charge in [-0.25, -0.2) is 4.98 Å². The molecule has 0 aliphatic heterocycles. The standard InChI is InChI=1S/C17H21N5O2S/c1-3-22(17-20-16(21-25-17)12-4-5-12)10-15(24)19-14-8-6-13(7-9-14)18-11(2)23/h6-9,12H,3-5,10H2,1-2H3,(H,18,23)(H,19,24). The number of carbonyl (C=O) groups is 2. The maximum Gasteiger partial charge on any atom is 0.243 e. The number of nitrogens with zero attached hydrogens (tertiary/aromatic N) is 3. The molecular weight excluding hydrogens is 338 g/mol. The smallest absolute Gasteiger partial charge is 0.243 e. The van der Waals surface area contributed by atoms with Crippen molar-refractivity contribution < 1.29 is 9.59 Å². The average Bonchev–Trinajstić information content (AvgIpc) is 3.31. The number of anilines is 3. The van der Waals surface area contributed by atoms with Gasteiger partial charge in [-0.15, -0.1) is 0 Å². The summed E-state index contributed by atoms with van der Waals surface area (Å²) in [5, 5.41) is 6.35. The van der Waals surface area contributed by atoms with E-state index in [1.54, 1.807) is 24.3 Å². The van der Waals surface area contributed by atoms with Gasteiger partial charge in [0.15, 0.2) is 0 Å². The number of hydrogen-bond donors (Lipinski definition) is 2. The van der Waals surface area contributed by atoms with Gasteiger partial charge in [-0.05, 0) is 44.0 Å². The molecule has 3 rings (SSSR count). The largest absolute Gasteiger partial charge is 0.338 e. The van der Waals surface area contributed by atoms with Crippen LogP contribution in [0.25, 0.3) is 0 Å². The van der Waals surface area contributed by atoms with E-state index in [0.717, 1.165) is 23.8 Å². The zero-order valence-corrected chi connectivity index (χ0v) is 15.1. The molecule has 1 heterocycles. The van der Waals surface area contributed by atoms with Crippen LogP contribution in [-0.4, -0.2) is 34.3 Å². The molecule has 1 aliphatic carbocycles. The van der Waals surface area contributed by atoms with E-state index in [9.17, 15) is 9.59 Å². The van der Waals surface area contributed by atoms with Crippen LogP contribution in [0.15, 0.2) is 24.3 Å². The summed E-state index contributed by atoms with van der Waals surface area (Å²) in [7, 11) is 0. The second kappa shape index (κ2) is 7.60. The highest BCUT2D eigenvalue weighted by molar-refractivity contribution is 7.09. The van der Waals surface area contributed by atoms with Gasteiger partial charge in [0.1, 0.15) is 5.82 Å². The predicted molar refractivity (Wildman–Crippen MR) is 99.1 cm³/mol. The molecule has 2 amide bonds. The predicted octanol–water partition coefficient (Wildman–Crippen LogP) is 2.84. The van der Waals surface area contributed by atoms with Crippen LogP contribution in [0.4, 0.5) is 16.5 Å². The van der Waals surface area contributed by atoms with Crippen molar-refractivity contribution in [2.24, 2.45) is 0 Å². The quantitative estimate of drug-likeness (QED) is 0.794. The van der Waals surface area contributed by atoms with Crippen LogP contribution in [0, 0.1) is 0 Å². The topological polar surface area (TPSA) is 87.2 Å². The number of rotatable bonds is 7. The van der Waals surface area contributed by atoms with Crippen molar-refractivity contribution >= 4 is 39.9 Å². The third-order valence-corrected chi connectivity index (χ3v) is 4.64. The summed E-state index contributed by atoms with van der Waals surface area (Å²) in [6.07, 6.45) is 2.33. The fourth-order valence-electron chi connectivity index (χ4n) is 2.39. The normalized spacial score (nSPS) is 13.4. The molecule has 2 aromatic rings. The van der Waals surface area contributed by atoms with E-state index in [0.29, 0.717) is 23.8 Å². The SMILES string of the molecule is CCN(CC(=O)Nc1ccc(NC(C)=O)cc1)c1nc(C2CC2)ns1. The third-order valence-electron chi connectivity index (χ3n) is 3.85. The first kappa shape index (κ1) is 17.3. The Morgan fingerprint density at radius 3 is 2.40 bits per heavy atom. The maximum atomic E-state index is 12.3. The van der Waals surface area contributed by atoms with Crippen molar-refractivity contribution in [3.05, 3.63) is 30.1 Å². The zero-order chi connectivity index (χ0) is 17.8. The van der Waals surface area contributed by atoms with Crippen LogP contribution in [-0.2, 0) is 9.59 Å². The molecule has 1 aliphatic rings. The molecule has 2 N–H and O–H groups in total. The van der Waals surface area contributed by atoms with Gasteiger partial charge in [0.25, 0.3) is 0 Å². The second-order valence-corrected chi connectivity index (χ2v) is 6.76. The van der Waals surface area contributed by atoms with Crippen LogP contribution in [0.2, 0.25) is 0 Å². The Bertz CT molecular complexity index is 755. The molecule has 1 aromatic carbocycles. The summed E-state index contributed by atoms with van der Waals surface area (Å²) in [4.78, 5) is 29.8. The summed E-state index contributed by atoms with van der Waals surface area (Å²) in [6.45, 7) is 4.36. The van der Waals surface area contributed by atoms with Gasteiger partial charge in [-0.3, -0.25) is 9.59 Å². The molecule has 0 unspecified atom stereocenters. The fourth-order valence-corrected chi connectivity index (χ4v) is 3.20. The highest BCUT2D eigenvalue weighted by atomic mass is 32.1. The number of nitrogens with one attached hydrogen (secondary N) is 2. The molecule has 0 bridgehead atoms. The van der Waals surface area contributed by atoms with Crippen molar-refractivity contribution in [1.82, 2.24) is 9.36 Å². The first-order valence-corrected chi connectivity index (χ1v) is 9.08. The van der Waals surface area contributed by atoms with Gasteiger partial charge in [0.05, 0.1) is 6.54 Å². The summed E-state index contributed by atoms with van der Waals surface area (Å²) < 4.78 is 4.39. The molecule has 0 atom stereocenters. The van der Waals surface area contributed by atoms with Crippen molar-refractivity contribution in [3.63, 3.8) is 0 Å². The maximum absolute atomic E-state index is 12.3. The number of hydrogen-bond acceptors (Lipinski definition) is 6. The van der Waals surface area contributed by atoms with Crippen molar-refractivity contribution in [2.45, 2.75) is 32.6 Å². The molecular formula is C17H21N5O2S. The lowest BCUT2D eigenvalue weighted by Gasteiger charge is -2.18. The van der Waals surface area contributed by atoms with Gasteiger partial charge in [-0.1, -0.05) is 0 Å². The molecule has 132 valence electrons. The molecule has 1 fully saturated rings. The molecule has 0 saturated heterocycles. The Morgan fingerprint density at radius 2 is 1.84 bits per heavy atom. The van der Waals surface area contributed by atoms with Crippen LogP contribution < -0.4 is 15.5 Å². The van der Waals surface area contributed by atoms with E-state index in [2.05, 4.69) is 20.0 Å². The number of likely N-dealkylation sites (N-methyl/N-ethyl adjacent to an activating group) is 1. The van der Waals surface area contributed by atoms with E-state index in [4.69, 9.17) is 0 Å². The van der Waals surface area contributed by atoms with Gasteiger partial charge in [-0.2, -0.15) is 4.37 Å². The molecule has 1 aromatic heterocycles. The molecule has 7 nitrogen and oxygen atoms in total. The Kier molecular flexibility index (Phi) is 5.28. The lowest BCUT2D eigenvalue weighted by molar-refractivity contribution is -0.115. The van der Waals surface area contributed by atoms with Crippen LogP contribution in [0.5, 0.6) is 0 Å². The molecule has 1 saturated carbocycles. The fraction of sp³-hybridized carbons (Fsp3) is 0.412. The lowest BCUT2D eigenvalue weighted by Crippen LogP contribution is -2.33. The van der Waals surface area contributed by atoms with E-state index in [1.807, 2.05) is 11.8 Å². The second-order valence-electron chi connectivity index (χ2n) is 6.03. The van der Waals surface area contributed by atoms with Gasteiger partial charge < -0.3 is 15.5 Å². The number of carbonyl (C=O) groups excluding carboxylic acids is 2. The van der Waals surface area contributed by atoms with Gasteiger partial charge in [0.2, 0.25) is 16.9 Å². The minimum atomic E-state index is -0.127. The van der Waals surface area contributed by atoms with Crippen molar-refractivity contribution in [3.8, 4) is 0 Å². The first-order chi connectivity index (χ1) is 12.0. The Hall–Kier alpha value is -2.48. The monoisotopic (exact) mass is 359 g/mol. The summed E-state index contributed by atoms with van der Waals surface area (Å²) in [5.74, 6) is 1.18. The molecule has 25 heavy (non-hydrogen) atoms.